The van der Waals surface area contributed by atoms with Crippen molar-refractivity contribution in [1.82, 2.24) is 9.55 Å². The molecule has 0 amide bonds. The number of aromatic carboxylic acids is 1. The highest BCUT2D eigenvalue weighted by atomic mass is 16.6. The van der Waals surface area contributed by atoms with Gasteiger partial charge >= 0.3 is 17.6 Å². The number of hydrogen-bond donors (Lipinski definition) is 1. The largest absolute Gasteiger partial charge is 0.478 e. The van der Waals surface area contributed by atoms with E-state index in [4.69, 9.17) is 5.11 Å². The predicted octanol–water partition coefficient (Wildman–Crippen LogP) is 2.30. The maximum atomic E-state index is 11.9. The van der Waals surface area contributed by atoms with E-state index in [-0.39, 0.29) is 17.1 Å². The van der Waals surface area contributed by atoms with Crippen LogP contribution < -0.4 is 0 Å². The number of ether oxygens (including phenoxy) is 1. The molecule has 2 aromatic heterocycles. The molecule has 0 unspecified atom stereocenters. The minimum absolute atomic E-state index is 0.00850. The SMILES string of the molecule is C=C(C)c1cc(C(=O)OC)n(-c2ncc(C(=O)O)cc2[N+](=O)[O-])c1. The highest BCUT2D eigenvalue weighted by Crippen LogP contribution is 2.27. The minimum atomic E-state index is -1.35. The molecule has 0 spiro atoms. The molecule has 124 valence electrons. The second-order valence-electron chi connectivity index (χ2n) is 4.88. The Morgan fingerprint density at radius 3 is 2.54 bits per heavy atom. The summed E-state index contributed by atoms with van der Waals surface area (Å²) in [7, 11) is 1.18. The van der Waals surface area contributed by atoms with Crippen LogP contribution in [-0.2, 0) is 4.74 Å². The number of pyridine rings is 1. The smallest absolute Gasteiger partial charge is 0.355 e. The average Bonchev–Trinajstić information content (AvgIpc) is 2.98. The summed E-state index contributed by atoms with van der Waals surface area (Å²) in [5, 5.41) is 20.2. The molecular formula is C15H13N3O6. The van der Waals surface area contributed by atoms with E-state index in [0.29, 0.717) is 11.1 Å². The number of aromatic nitrogens is 2. The third-order valence-electron chi connectivity index (χ3n) is 3.23. The molecule has 0 radical (unpaired) electrons. The van der Waals surface area contributed by atoms with Crippen molar-refractivity contribution in [3.05, 3.63) is 58.0 Å². The summed E-state index contributed by atoms with van der Waals surface area (Å²) >= 11 is 0. The number of carbonyl (C=O) groups excluding carboxylic acids is 1. The predicted molar refractivity (Wildman–Crippen MR) is 83.2 cm³/mol. The Labute approximate surface area is 136 Å². The molecule has 9 heteroatoms. The average molecular weight is 331 g/mol. The van der Waals surface area contributed by atoms with Gasteiger partial charge in [0, 0.05) is 18.5 Å². The van der Waals surface area contributed by atoms with Crippen molar-refractivity contribution in [3.8, 4) is 5.82 Å². The Kier molecular flexibility index (Phi) is 4.45. The highest BCUT2D eigenvalue weighted by molar-refractivity contribution is 5.91. The molecule has 0 saturated heterocycles. The molecule has 0 fully saturated rings. The van der Waals surface area contributed by atoms with Crippen molar-refractivity contribution in [2.75, 3.05) is 7.11 Å². The van der Waals surface area contributed by atoms with Gasteiger partial charge in [-0.15, -0.1) is 0 Å². The van der Waals surface area contributed by atoms with Gasteiger partial charge in [-0.05, 0) is 24.1 Å². The number of hydrogen-bond acceptors (Lipinski definition) is 6. The fourth-order valence-corrected chi connectivity index (χ4v) is 2.02. The van der Waals surface area contributed by atoms with E-state index in [0.717, 1.165) is 12.3 Å². The van der Waals surface area contributed by atoms with Crippen molar-refractivity contribution >= 4 is 23.2 Å². The molecule has 1 N–H and O–H groups in total. The zero-order chi connectivity index (χ0) is 18.0. The van der Waals surface area contributed by atoms with Crippen LogP contribution >= 0.6 is 0 Å². The van der Waals surface area contributed by atoms with Crippen LogP contribution in [0.25, 0.3) is 11.4 Å². The van der Waals surface area contributed by atoms with E-state index in [1.807, 2.05) is 0 Å². The van der Waals surface area contributed by atoms with Gasteiger partial charge in [0.05, 0.1) is 17.6 Å². The number of carbonyl (C=O) groups is 2. The monoisotopic (exact) mass is 331 g/mol. The Bertz CT molecular complexity index is 868. The summed E-state index contributed by atoms with van der Waals surface area (Å²) in [5.41, 5.74) is 0.313. The molecule has 2 rings (SSSR count). The summed E-state index contributed by atoms with van der Waals surface area (Å²) in [5.74, 6) is -2.26. The van der Waals surface area contributed by atoms with Crippen LogP contribution in [0.1, 0.15) is 33.3 Å². The lowest BCUT2D eigenvalue weighted by Crippen LogP contribution is -2.12. The Morgan fingerprint density at radius 1 is 1.38 bits per heavy atom. The number of esters is 1. The van der Waals surface area contributed by atoms with Crippen LogP contribution in [0.2, 0.25) is 0 Å². The van der Waals surface area contributed by atoms with Crippen molar-refractivity contribution in [2.24, 2.45) is 0 Å². The van der Waals surface area contributed by atoms with Crippen LogP contribution in [0.5, 0.6) is 0 Å². The Balaban J connectivity index is 2.75. The number of nitrogens with zero attached hydrogens (tertiary/aromatic N) is 3. The van der Waals surface area contributed by atoms with Gasteiger partial charge in [0.15, 0.2) is 0 Å². The van der Waals surface area contributed by atoms with E-state index in [1.165, 1.54) is 23.9 Å². The van der Waals surface area contributed by atoms with Crippen LogP contribution in [-0.4, -0.2) is 38.6 Å². The molecule has 0 aromatic carbocycles. The second kappa shape index (κ2) is 6.32. The van der Waals surface area contributed by atoms with Gasteiger partial charge in [0.25, 0.3) is 0 Å². The fraction of sp³-hybridized carbons (Fsp3) is 0.133. The third kappa shape index (κ3) is 3.00. The normalized spacial score (nSPS) is 10.2. The van der Waals surface area contributed by atoms with Gasteiger partial charge in [-0.25, -0.2) is 14.6 Å². The number of methoxy groups -OCH3 is 1. The van der Waals surface area contributed by atoms with E-state index >= 15 is 0 Å². The highest BCUT2D eigenvalue weighted by Gasteiger charge is 2.25. The maximum absolute atomic E-state index is 11.9. The van der Waals surface area contributed by atoms with Crippen LogP contribution in [0, 0.1) is 10.1 Å². The molecule has 2 heterocycles. The molecular weight excluding hydrogens is 318 g/mol. The molecule has 9 nitrogen and oxygen atoms in total. The van der Waals surface area contributed by atoms with Gasteiger partial charge in [0.1, 0.15) is 5.69 Å². The van der Waals surface area contributed by atoms with Crippen molar-refractivity contribution in [2.45, 2.75) is 6.92 Å². The Morgan fingerprint density at radius 2 is 2.04 bits per heavy atom. The molecule has 2 aromatic rings. The van der Waals surface area contributed by atoms with Crippen LogP contribution in [0.4, 0.5) is 5.69 Å². The summed E-state index contributed by atoms with van der Waals surface area (Å²) in [6, 6.07) is 2.34. The molecule has 0 atom stereocenters. The zero-order valence-electron chi connectivity index (χ0n) is 12.8. The van der Waals surface area contributed by atoms with E-state index in [1.54, 1.807) is 6.92 Å². The lowest BCUT2D eigenvalue weighted by atomic mass is 10.2. The lowest BCUT2D eigenvalue weighted by Gasteiger charge is -2.07. The number of carboxylic acids is 1. The first kappa shape index (κ1) is 16.9. The van der Waals surface area contributed by atoms with Crippen molar-refractivity contribution in [1.29, 1.82) is 0 Å². The third-order valence-corrected chi connectivity index (χ3v) is 3.23. The number of carboxylic acid groups (broad SMARTS) is 1. The number of rotatable bonds is 5. The van der Waals surface area contributed by atoms with Gasteiger partial charge in [-0.2, -0.15) is 0 Å². The van der Waals surface area contributed by atoms with E-state index in [2.05, 4.69) is 16.3 Å². The molecule has 24 heavy (non-hydrogen) atoms. The zero-order valence-corrected chi connectivity index (χ0v) is 12.8. The van der Waals surface area contributed by atoms with Crippen molar-refractivity contribution in [3.63, 3.8) is 0 Å². The summed E-state index contributed by atoms with van der Waals surface area (Å²) in [6.07, 6.45) is 2.43. The van der Waals surface area contributed by atoms with E-state index < -0.39 is 22.5 Å². The number of nitro groups is 1. The summed E-state index contributed by atoms with van der Waals surface area (Å²) in [6.45, 7) is 5.46. The maximum Gasteiger partial charge on any atom is 0.355 e. The van der Waals surface area contributed by atoms with Gasteiger partial charge in [-0.1, -0.05) is 6.58 Å². The summed E-state index contributed by atoms with van der Waals surface area (Å²) < 4.78 is 5.85. The first-order chi connectivity index (χ1) is 11.3. The van der Waals surface area contributed by atoms with Gasteiger partial charge < -0.3 is 9.84 Å². The van der Waals surface area contributed by atoms with Crippen LogP contribution in [0.15, 0.2) is 31.1 Å². The standard InChI is InChI=1S/C15H13N3O6/c1-8(2)10-5-12(15(21)24-3)17(7-10)13-11(18(22)23)4-9(6-16-13)14(19)20/h4-7H,1H2,2-3H3,(H,19,20). The first-order valence-corrected chi connectivity index (χ1v) is 6.61. The number of allylic oxidation sites excluding steroid dienone is 1. The quantitative estimate of drug-likeness (QED) is 0.506. The topological polar surface area (TPSA) is 125 Å². The molecule has 0 aliphatic rings. The second-order valence-corrected chi connectivity index (χ2v) is 4.88. The van der Waals surface area contributed by atoms with Crippen molar-refractivity contribution < 1.29 is 24.4 Å². The first-order valence-electron chi connectivity index (χ1n) is 6.61. The summed E-state index contributed by atoms with van der Waals surface area (Å²) in [4.78, 5) is 37.3. The molecule has 0 aliphatic carbocycles. The molecule has 0 saturated carbocycles. The minimum Gasteiger partial charge on any atom is -0.478 e. The Hall–Kier alpha value is -3.49. The molecule has 0 bridgehead atoms. The lowest BCUT2D eigenvalue weighted by molar-refractivity contribution is -0.384. The van der Waals surface area contributed by atoms with Crippen LogP contribution in [0.3, 0.4) is 0 Å². The fourth-order valence-electron chi connectivity index (χ4n) is 2.02. The van der Waals surface area contributed by atoms with Gasteiger partial charge in [0.2, 0.25) is 5.82 Å². The van der Waals surface area contributed by atoms with Gasteiger partial charge in [-0.3, -0.25) is 14.7 Å². The van der Waals surface area contributed by atoms with E-state index in [9.17, 15) is 19.7 Å². The molecule has 0 aliphatic heterocycles.